The Morgan fingerprint density at radius 1 is 1.04 bits per heavy atom. The van der Waals surface area contributed by atoms with Gasteiger partial charge in [0, 0.05) is 5.56 Å². The van der Waals surface area contributed by atoms with Gasteiger partial charge in [-0.05, 0) is 36.0 Å². The summed E-state index contributed by atoms with van der Waals surface area (Å²) in [6.07, 6.45) is 1.81. The minimum atomic E-state index is -0.163. The number of nitrogens with zero attached hydrogens (tertiary/aromatic N) is 1. The SMILES string of the molecule is O=C1NC(=Nc2ccccc2)S/C1=C\c1cccc2c1OCCO2. The third-order valence-electron chi connectivity index (χ3n) is 3.52. The first kappa shape index (κ1) is 14.8. The number of carbonyl (C=O) groups excluding carboxylic acids is 1. The molecule has 120 valence electrons. The van der Waals surface area contributed by atoms with E-state index in [1.807, 2.05) is 48.5 Å². The molecule has 2 aliphatic rings. The molecule has 0 atom stereocenters. The lowest BCUT2D eigenvalue weighted by atomic mass is 10.1. The zero-order valence-corrected chi connectivity index (χ0v) is 13.5. The molecule has 0 aromatic heterocycles. The molecule has 1 amide bonds. The second-order valence-corrected chi connectivity index (χ2v) is 6.22. The van der Waals surface area contributed by atoms with Gasteiger partial charge in [0.15, 0.2) is 16.7 Å². The molecule has 2 aromatic rings. The molecule has 6 heteroatoms. The third kappa shape index (κ3) is 3.00. The molecule has 1 fully saturated rings. The number of thioether (sulfide) groups is 1. The number of carbonyl (C=O) groups is 1. The van der Waals surface area contributed by atoms with Crippen LogP contribution in [0.25, 0.3) is 6.08 Å². The number of para-hydroxylation sites is 2. The molecule has 5 nitrogen and oxygen atoms in total. The van der Waals surface area contributed by atoms with Crippen molar-refractivity contribution in [3.8, 4) is 11.5 Å². The van der Waals surface area contributed by atoms with Gasteiger partial charge in [-0.3, -0.25) is 4.79 Å². The van der Waals surface area contributed by atoms with Crippen molar-refractivity contribution >= 4 is 34.6 Å². The molecular weight excluding hydrogens is 324 g/mol. The number of ether oxygens (including phenoxy) is 2. The highest BCUT2D eigenvalue weighted by molar-refractivity contribution is 8.18. The van der Waals surface area contributed by atoms with Crippen molar-refractivity contribution in [3.05, 3.63) is 59.0 Å². The number of benzene rings is 2. The predicted molar refractivity (Wildman–Crippen MR) is 94.7 cm³/mol. The minimum absolute atomic E-state index is 0.163. The van der Waals surface area contributed by atoms with E-state index in [9.17, 15) is 4.79 Å². The van der Waals surface area contributed by atoms with E-state index in [1.165, 1.54) is 11.8 Å². The molecular formula is C18H14N2O3S. The van der Waals surface area contributed by atoms with Crippen molar-refractivity contribution in [2.75, 3.05) is 13.2 Å². The molecule has 0 unspecified atom stereocenters. The van der Waals surface area contributed by atoms with E-state index in [-0.39, 0.29) is 5.91 Å². The molecule has 2 heterocycles. The van der Waals surface area contributed by atoms with Gasteiger partial charge in [-0.15, -0.1) is 0 Å². The Kier molecular flexibility index (Phi) is 3.96. The maximum absolute atomic E-state index is 12.2. The Morgan fingerprint density at radius 2 is 1.88 bits per heavy atom. The largest absolute Gasteiger partial charge is 0.486 e. The first-order valence-electron chi connectivity index (χ1n) is 7.53. The van der Waals surface area contributed by atoms with Crippen molar-refractivity contribution in [3.63, 3.8) is 0 Å². The maximum atomic E-state index is 12.2. The Balaban J connectivity index is 1.62. The van der Waals surface area contributed by atoms with Crippen molar-refractivity contribution < 1.29 is 14.3 Å². The van der Waals surface area contributed by atoms with E-state index in [4.69, 9.17) is 9.47 Å². The number of hydrogen-bond acceptors (Lipinski definition) is 5. The van der Waals surface area contributed by atoms with Crippen LogP contribution in [0.5, 0.6) is 11.5 Å². The normalized spacial score (nSPS) is 19.6. The Bertz CT molecular complexity index is 847. The van der Waals surface area contributed by atoms with Crippen LogP contribution in [0.15, 0.2) is 58.4 Å². The lowest BCUT2D eigenvalue weighted by Crippen LogP contribution is -2.19. The molecule has 2 aliphatic heterocycles. The average molecular weight is 338 g/mol. The van der Waals surface area contributed by atoms with Crippen LogP contribution in [0.4, 0.5) is 5.69 Å². The summed E-state index contributed by atoms with van der Waals surface area (Å²) in [5.74, 6) is 1.22. The predicted octanol–water partition coefficient (Wildman–Crippen LogP) is 3.35. The summed E-state index contributed by atoms with van der Waals surface area (Å²) in [6, 6.07) is 15.2. The van der Waals surface area contributed by atoms with Gasteiger partial charge in [0.25, 0.3) is 5.91 Å². The van der Waals surface area contributed by atoms with Crippen LogP contribution in [0.2, 0.25) is 0 Å². The van der Waals surface area contributed by atoms with Crippen LogP contribution in [0, 0.1) is 0 Å². The number of amides is 1. The fourth-order valence-corrected chi connectivity index (χ4v) is 3.28. The smallest absolute Gasteiger partial charge is 0.264 e. The van der Waals surface area contributed by atoms with Crippen LogP contribution < -0.4 is 14.8 Å². The van der Waals surface area contributed by atoms with E-state index in [0.29, 0.717) is 34.8 Å². The fourth-order valence-electron chi connectivity index (χ4n) is 2.45. The van der Waals surface area contributed by atoms with Crippen molar-refractivity contribution in [2.45, 2.75) is 0 Å². The van der Waals surface area contributed by atoms with Crippen molar-refractivity contribution in [1.82, 2.24) is 5.32 Å². The number of hydrogen-bond donors (Lipinski definition) is 1. The minimum Gasteiger partial charge on any atom is -0.486 e. The van der Waals surface area contributed by atoms with Gasteiger partial charge in [0.05, 0.1) is 10.6 Å². The highest BCUT2D eigenvalue weighted by atomic mass is 32.2. The van der Waals surface area contributed by atoms with Crippen molar-refractivity contribution in [1.29, 1.82) is 0 Å². The fraction of sp³-hybridized carbons (Fsp3) is 0.111. The van der Waals surface area contributed by atoms with Gasteiger partial charge < -0.3 is 14.8 Å². The van der Waals surface area contributed by atoms with Gasteiger partial charge in [0.2, 0.25) is 0 Å². The summed E-state index contributed by atoms with van der Waals surface area (Å²) < 4.78 is 11.3. The summed E-state index contributed by atoms with van der Waals surface area (Å²) in [6.45, 7) is 1.05. The molecule has 2 aromatic carbocycles. The monoisotopic (exact) mass is 338 g/mol. The van der Waals surface area contributed by atoms with Crippen LogP contribution in [0.1, 0.15) is 5.56 Å². The van der Waals surface area contributed by atoms with Crippen LogP contribution in [-0.2, 0) is 4.79 Å². The van der Waals surface area contributed by atoms with Gasteiger partial charge in [0.1, 0.15) is 13.2 Å². The van der Waals surface area contributed by atoms with Crippen molar-refractivity contribution in [2.24, 2.45) is 4.99 Å². The lowest BCUT2D eigenvalue weighted by Gasteiger charge is -2.19. The summed E-state index contributed by atoms with van der Waals surface area (Å²) >= 11 is 1.31. The molecule has 24 heavy (non-hydrogen) atoms. The summed E-state index contributed by atoms with van der Waals surface area (Å²) in [7, 11) is 0. The Hall–Kier alpha value is -2.73. The quantitative estimate of drug-likeness (QED) is 0.853. The molecule has 4 rings (SSSR count). The molecule has 0 saturated carbocycles. The molecule has 1 N–H and O–H groups in total. The number of fused-ring (bicyclic) bond motifs is 1. The maximum Gasteiger partial charge on any atom is 0.264 e. The van der Waals surface area contributed by atoms with Gasteiger partial charge in [-0.1, -0.05) is 30.3 Å². The number of nitrogens with one attached hydrogen (secondary N) is 1. The highest BCUT2D eigenvalue weighted by Crippen LogP contribution is 2.37. The van der Waals surface area contributed by atoms with Gasteiger partial charge in [-0.2, -0.15) is 0 Å². The van der Waals surface area contributed by atoms with E-state index in [1.54, 1.807) is 6.08 Å². The van der Waals surface area contributed by atoms with Gasteiger partial charge >= 0.3 is 0 Å². The standard InChI is InChI=1S/C18H14N2O3S/c21-17-15(24-18(20-17)19-13-6-2-1-3-7-13)11-12-5-4-8-14-16(12)23-10-9-22-14/h1-8,11H,9-10H2,(H,19,20,21)/b15-11-. The number of aliphatic imine (C=N–C) groups is 1. The van der Waals surface area contributed by atoms with Crippen LogP contribution in [-0.4, -0.2) is 24.3 Å². The lowest BCUT2D eigenvalue weighted by molar-refractivity contribution is -0.115. The summed E-state index contributed by atoms with van der Waals surface area (Å²) in [5, 5.41) is 3.36. The molecule has 1 saturated heterocycles. The topological polar surface area (TPSA) is 59.9 Å². The van der Waals surface area contributed by atoms with Crippen LogP contribution >= 0.6 is 11.8 Å². The molecule has 0 spiro atoms. The second kappa shape index (κ2) is 6.41. The average Bonchev–Trinajstić information content (AvgIpc) is 2.95. The summed E-state index contributed by atoms with van der Waals surface area (Å²) in [5.41, 5.74) is 1.63. The number of amidine groups is 1. The zero-order valence-electron chi connectivity index (χ0n) is 12.7. The second-order valence-electron chi connectivity index (χ2n) is 5.19. The molecule has 0 bridgehead atoms. The van der Waals surface area contributed by atoms with E-state index in [2.05, 4.69) is 10.3 Å². The molecule has 0 aliphatic carbocycles. The third-order valence-corrected chi connectivity index (χ3v) is 4.43. The number of rotatable bonds is 2. The highest BCUT2D eigenvalue weighted by Gasteiger charge is 2.25. The Labute approximate surface area is 143 Å². The van der Waals surface area contributed by atoms with E-state index >= 15 is 0 Å². The molecule has 0 radical (unpaired) electrons. The summed E-state index contributed by atoms with van der Waals surface area (Å²) in [4.78, 5) is 17.2. The van der Waals surface area contributed by atoms with E-state index in [0.717, 1.165) is 11.3 Å². The zero-order chi connectivity index (χ0) is 16.4. The first-order chi connectivity index (χ1) is 11.8. The van der Waals surface area contributed by atoms with Crippen LogP contribution in [0.3, 0.4) is 0 Å². The Morgan fingerprint density at radius 3 is 2.75 bits per heavy atom. The van der Waals surface area contributed by atoms with Gasteiger partial charge in [-0.25, -0.2) is 4.99 Å². The van der Waals surface area contributed by atoms with E-state index < -0.39 is 0 Å². The first-order valence-corrected chi connectivity index (χ1v) is 8.34.